The Bertz CT molecular complexity index is 304. The van der Waals surface area contributed by atoms with Gasteiger partial charge in [-0.2, -0.15) is 0 Å². The molecule has 0 saturated heterocycles. The van der Waals surface area contributed by atoms with E-state index in [0.29, 0.717) is 6.61 Å². The van der Waals surface area contributed by atoms with E-state index in [1.807, 2.05) is 6.20 Å². The fourth-order valence-corrected chi connectivity index (χ4v) is 2.69. The normalized spacial score (nSPS) is 19.4. The second-order valence-corrected chi connectivity index (χ2v) is 5.22. The highest BCUT2D eigenvalue weighted by atomic mass is 16.3. The SMILES string of the molecule is OCC1(CNCCc2cnc[nH]2)CCCCC1. The third-order valence-electron chi connectivity index (χ3n) is 3.88. The minimum Gasteiger partial charge on any atom is -0.396 e. The van der Waals surface area contributed by atoms with E-state index in [1.165, 1.54) is 37.8 Å². The van der Waals surface area contributed by atoms with Gasteiger partial charge < -0.3 is 15.4 Å². The van der Waals surface area contributed by atoms with E-state index in [4.69, 9.17) is 0 Å². The average molecular weight is 237 g/mol. The molecule has 2 rings (SSSR count). The molecule has 1 aliphatic rings. The summed E-state index contributed by atoms with van der Waals surface area (Å²) in [6.45, 7) is 2.21. The van der Waals surface area contributed by atoms with Gasteiger partial charge in [-0.15, -0.1) is 0 Å². The number of hydrogen-bond donors (Lipinski definition) is 3. The van der Waals surface area contributed by atoms with E-state index < -0.39 is 0 Å². The summed E-state index contributed by atoms with van der Waals surface area (Å²) in [7, 11) is 0. The molecule has 0 unspecified atom stereocenters. The van der Waals surface area contributed by atoms with Crippen molar-refractivity contribution >= 4 is 0 Å². The van der Waals surface area contributed by atoms with Gasteiger partial charge in [0.25, 0.3) is 0 Å². The zero-order valence-corrected chi connectivity index (χ0v) is 10.4. The van der Waals surface area contributed by atoms with Crippen LogP contribution in [-0.4, -0.2) is 34.8 Å². The van der Waals surface area contributed by atoms with Crippen LogP contribution in [0.25, 0.3) is 0 Å². The van der Waals surface area contributed by atoms with Gasteiger partial charge >= 0.3 is 0 Å². The van der Waals surface area contributed by atoms with Gasteiger partial charge in [0.1, 0.15) is 0 Å². The molecular weight excluding hydrogens is 214 g/mol. The Morgan fingerprint density at radius 1 is 1.35 bits per heavy atom. The van der Waals surface area contributed by atoms with Crippen LogP contribution < -0.4 is 5.32 Å². The van der Waals surface area contributed by atoms with E-state index in [1.54, 1.807) is 6.33 Å². The predicted octanol–water partition coefficient (Wildman–Crippen LogP) is 1.48. The summed E-state index contributed by atoms with van der Waals surface area (Å²) in [5, 5.41) is 13.0. The Morgan fingerprint density at radius 2 is 2.18 bits per heavy atom. The molecule has 0 atom stereocenters. The molecule has 1 aromatic heterocycles. The summed E-state index contributed by atoms with van der Waals surface area (Å²) in [6.07, 6.45) is 10.7. The number of nitrogens with zero attached hydrogens (tertiary/aromatic N) is 1. The first-order valence-corrected chi connectivity index (χ1v) is 6.63. The molecule has 1 fully saturated rings. The van der Waals surface area contributed by atoms with Gasteiger partial charge in [0.05, 0.1) is 6.33 Å². The molecule has 0 aliphatic heterocycles. The highest BCUT2D eigenvalue weighted by molar-refractivity contribution is 4.94. The standard InChI is InChI=1S/C13H23N3O/c17-10-13(5-2-1-3-6-13)9-14-7-4-12-8-15-11-16-12/h8,11,14,17H,1-7,9-10H2,(H,15,16). The van der Waals surface area contributed by atoms with Crippen molar-refractivity contribution in [2.45, 2.75) is 38.5 Å². The van der Waals surface area contributed by atoms with Crippen LogP contribution in [0, 0.1) is 5.41 Å². The van der Waals surface area contributed by atoms with E-state index in [0.717, 1.165) is 19.5 Å². The molecular formula is C13H23N3O. The topological polar surface area (TPSA) is 60.9 Å². The number of aliphatic hydroxyl groups is 1. The Hall–Kier alpha value is -0.870. The Morgan fingerprint density at radius 3 is 2.82 bits per heavy atom. The average Bonchev–Trinajstić information content (AvgIpc) is 2.89. The van der Waals surface area contributed by atoms with Crippen LogP contribution in [0.3, 0.4) is 0 Å². The van der Waals surface area contributed by atoms with Crippen LogP contribution in [0.1, 0.15) is 37.8 Å². The zero-order chi connectivity index (χ0) is 12.0. The molecule has 17 heavy (non-hydrogen) atoms. The van der Waals surface area contributed by atoms with Gasteiger partial charge in [0.15, 0.2) is 0 Å². The van der Waals surface area contributed by atoms with Gasteiger partial charge in [-0.25, -0.2) is 4.98 Å². The lowest BCUT2D eigenvalue weighted by atomic mass is 9.74. The van der Waals surface area contributed by atoms with Crippen LogP contribution >= 0.6 is 0 Å². The monoisotopic (exact) mass is 237 g/mol. The largest absolute Gasteiger partial charge is 0.396 e. The number of nitrogens with one attached hydrogen (secondary N) is 2. The third-order valence-corrected chi connectivity index (χ3v) is 3.88. The van der Waals surface area contributed by atoms with Crippen LogP contribution in [0.4, 0.5) is 0 Å². The number of H-pyrrole nitrogens is 1. The maximum Gasteiger partial charge on any atom is 0.0921 e. The first-order valence-electron chi connectivity index (χ1n) is 6.63. The van der Waals surface area contributed by atoms with E-state index in [2.05, 4.69) is 15.3 Å². The molecule has 0 bridgehead atoms. The first kappa shape index (κ1) is 12.6. The number of aliphatic hydroxyl groups excluding tert-OH is 1. The van der Waals surface area contributed by atoms with Crippen LogP contribution in [0.15, 0.2) is 12.5 Å². The molecule has 1 aliphatic carbocycles. The van der Waals surface area contributed by atoms with Crippen molar-refractivity contribution in [2.75, 3.05) is 19.7 Å². The maximum absolute atomic E-state index is 9.57. The van der Waals surface area contributed by atoms with Crippen molar-refractivity contribution in [1.29, 1.82) is 0 Å². The van der Waals surface area contributed by atoms with Crippen molar-refractivity contribution in [1.82, 2.24) is 15.3 Å². The number of rotatable bonds is 6. The number of aromatic nitrogens is 2. The Kier molecular flexibility index (Phi) is 4.57. The molecule has 1 aromatic rings. The molecule has 3 N–H and O–H groups in total. The second kappa shape index (κ2) is 6.17. The first-order chi connectivity index (χ1) is 8.35. The van der Waals surface area contributed by atoms with Crippen molar-refractivity contribution in [3.8, 4) is 0 Å². The molecule has 4 nitrogen and oxygen atoms in total. The van der Waals surface area contributed by atoms with Crippen LogP contribution in [0.5, 0.6) is 0 Å². The second-order valence-electron chi connectivity index (χ2n) is 5.22. The van der Waals surface area contributed by atoms with Crippen LogP contribution in [-0.2, 0) is 6.42 Å². The fourth-order valence-electron chi connectivity index (χ4n) is 2.69. The van der Waals surface area contributed by atoms with E-state index >= 15 is 0 Å². The van der Waals surface area contributed by atoms with Gasteiger partial charge in [-0.3, -0.25) is 0 Å². The summed E-state index contributed by atoms with van der Waals surface area (Å²) in [6, 6.07) is 0. The smallest absolute Gasteiger partial charge is 0.0921 e. The molecule has 1 saturated carbocycles. The minimum atomic E-state index is 0.145. The van der Waals surface area contributed by atoms with Gasteiger partial charge in [-0.05, 0) is 12.8 Å². The number of aromatic amines is 1. The molecule has 0 radical (unpaired) electrons. The molecule has 4 heteroatoms. The highest BCUT2D eigenvalue weighted by Crippen LogP contribution is 2.35. The zero-order valence-electron chi connectivity index (χ0n) is 10.4. The molecule has 1 heterocycles. The Labute approximate surface area is 103 Å². The van der Waals surface area contributed by atoms with Crippen molar-refractivity contribution in [2.24, 2.45) is 5.41 Å². The van der Waals surface area contributed by atoms with E-state index in [-0.39, 0.29) is 5.41 Å². The van der Waals surface area contributed by atoms with E-state index in [9.17, 15) is 5.11 Å². The van der Waals surface area contributed by atoms with Crippen molar-refractivity contribution in [3.05, 3.63) is 18.2 Å². The maximum atomic E-state index is 9.57. The highest BCUT2D eigenvalue weighted by Gasteiger charge is 2.30. The van der Waals surface area contributed by atoms with Gasteiger partial charge in [-0.1, -0.05) is 19.3 Å². The third kappa shape index (κ3) is 3.54. The number of hydrogen-bond acceptors (Lipinski definition) is 3. The lowest BCUT2D eigenvalue weighted by molar-refractivity contribution is 0.0816. The van der Waals surface area contributed by atoms with Gasteiger partial charge in [0, 0.05) is 43.4 Å². The summed E-state index contributed by atoms with van der Waals surface area (Å²) in [4.78, 5) is 7.10. The predicted molar refractivity (Wildman–Crippen MR) is 67.8 cm³/mol. The van der Waals surface area contributed by atoms with Crippen LogP contribution in [0.2, 0.25) is 0 Å². The fraction of sp³-hybridized carbons (Fsp3) is 0.769. The summed E-state index contributed by atoms with van der Waals surface area (Å²) < 4.78 is 0. The summed E-state index contributed by atoms with van der Waals surface area (Å²) in [5.74, 6) is 0. The molecule has 0 amide bonds. The summed E-state index contributed by atoms with van der Waals surface area (Å²) in [5.41, 5.74) is 1.31. The molecule has 0 aromatic carbocycles. The van der Waals surface area contributed by atoms with Crippen molar-refractivity contribution in [3.63, 3.8) is 0 Å². The molecule has 96 valence electrons. The molecule has 0 spiro atoms. The number of imidazole rings is 1. The summed E-state index contributed by atoms with van der Waals surface area (Å²) >= 11 is 0. The Balaban J connectivity index is 1.69. The van der Waals surface area contributed by atoms with Crippen molar-refractivity contribution < 1.29 is 5.11 Å². The minimum absolute atomic E-state index is 0.145. The lowest BCUT2D eigenvalue weighted by Gasteiger charge is -2.35. The van der Waals surface area contributed by atoms with Gasteiger partial charge in [0.2, 0.25) is 0 Å². The lowest BCUT2D eigenvalue weighted by Crippen LogP contribution is -2.39. The quantitative estimate of drug-likeness (QED) is 0.657.